The normalized spacial score (nSPS) is 24.8. The molecule has 2 unspecified atom stereocenters. The maximum atomic E-state index is 12.8. The summed E-state index contributed by atoms with van der Waals surface area (Å²) in [4.78, 5) is 0.161. The van der Waals surface area contributed by atoms with Crippen LogP contribution in [0.4, 0.5) is 0 Å². The lowest BCUT2D eigenvalue weighted by Gasteiger charge is -2.33. The predicted octanol–water partition coefficient (Wildman–Crippen LogP) is 2.31. The van der Waals surface area contributed by atoms with E-state index in [2.05, 4.69) is 0 Å². The molecule has 0 spiro atoms. The second-order valence-electron chi connectivity index (χ2n) is 5.05. The molecule has 0 bridgehead atoms. The van der Waals surface area contributed by atoms with E-state index in [0.717, 1.165) is 5.56 Å². The molecule has 1 aromatic carbocycles. The highest BCUT2D eigenvalue weighted by molar-refractivity contribution is 8.00. The Kier molecular flexibility index (Phi) is 5.02. The molecule has 2 rings (SSSR count). The van der Waals surface area contributed by atoms with Gasteiger partial charge in [-0.05, 0) is 17.7 Å². The smallest absolute Gasteiger partial charge is 0.244 e. The first kappa shape index (κ1) is 16.1. The fraction of sp³-hybridized carbons (Fsp3) is 0.538. The number of hydrogen-bond donors (Lipinski definition) is 1. The molecule has 4 nitrogen and oxygen atoms in total. The molecule has 112 valence electrons. The molecular weight excluding hydrogens is 316 g/mol. The van der Waals surface area contributed by atoms with Crippen LogP contribution in [-0.4, -0.2) is 36.3 Å². The zero-order valence-electron chi connectivity index (χ0n) is 11.5. The van der Waals surface area contributed by atoms with Gasteiger partial charge in [0.05, 0.1) is 5.02 Å². The van der Waals surface area contributed by atoms with Crippen molar-refractivity contribution in [2.45, 2.75) is 35.8 Å². The van der Waals surface area contributed by atoms with Gasteiger partial charge in [-0.15, -0.1) is 0 Å². The van der Waals surface area contributed by atoms with E-state index < -0.39 is 10.0 Å². The van der Waals surface area contributed by atoms with Crippen LogP contribution in [0.5, 0.6) is 0 Å². The molecule has 0 aliphatic carbocycles. The van der Waals surface area contributed by atoms with Crippen molar-refractivity contribution in [1.29, 1.82) is 0 Å². The van der Waals surface area contributed by atoms with E-state index in [0.29, 0.717) is 19.6 Å². The molecule has 7 heteroatoms. The van der Waals surface area contributed by atoms with Gasteiger partial charge >= 0.3 is 0 Å². The zero-order chi connectivity index (χ0) is 14.9. The average Bonchev–Trinajstić information content (AvgIpc) is 2.38. The topological polar surface area (TPSA) is 63.4 Å². The Morgan fingerprint density at radius 1 is 1.35 bits per heavy atom. The van der Waals surface area contributed by atoms with Crippen molar-refractivity contribution in [3.63, 3.8) is 0 Å². The molecule has 1 fully saturated rings. The molecule has 0 amide bonds. The van der Waals surface area contributed by atoms with Crippen molar-refractivity contribution in [3.8, 4) is 0 Å². The van der Waals surface area contributed by atoms with E-state index in [4.69, 9.17) is 17.3 Å². The number of nitrogens with zero attached hydrogens (tertiary/aromatic N) is 1. The molecule has 2 atom stereocenters. The first-order chi connectivity index (χ1) is 9.34. The van der Waals surface area contributed by atoms with E-state index in [-0.39, 0.29) is 20.4 Å². The third kappa shape index (κ3) is 3.31. The van der Waals surface area contributed by atoms with Gasteiger partial charge in [0.2, 0.25) is 10.0 Å². The Hall–Kier alpha value is -0.270. The largest absolute Gasteiger partial charge is 0.326 e. The van der Waals surface area contributed by atoms with Crippen molar-refractivity contribution in [2.24, 2.45) is 5.73 Å². The second-order valence-corrected chi connectivity index (χ2v) is 9.24. The fourth-order valence-corrected chi connectivity index (χ4v) is 6.00. The van der Waals surface area contributed by atoms with E-state index in [1.54, 1.807) is 18.2 Å². The maximum Gasteiger partial charge on any atom is 0.244 e. The van der Waals surface area contributed by atoms with Crippen molar-refractivity contribution in [2.75, 3.05) is 13.1 Å². The lowest BCUT2D eigenvalue weighted by atomic mass is 10.2. The highest BCUT2D eigenvalue weighted by atomic mass is 35.5. The summed E-state index contributed by atoms with van der Waals surface area (Å²) >= 11 is 7.89. The predicted molar refractivity (Wildman–Crippen MR) is 84.6 cm³/mol. The quantitative estimate of drug-likeness (QED) is 0.921. The number of hydrogen-bond acceptors (Lipinski definition) is 4. The van der Waals surface area contributed by atoms with Crippen LogP contribution >= 0.6 is 23.4 Å². The second kappa shape index (κ2) is 6.23. The lowest BCUT2D eigenvalue weighted by molar-refractivity contribution is 0.405. The summed E-state index contributed by atoms with van der Waals surface area (Å²) in [7, 11) is -3.56. The Labute approximate surface area is 129 Å². The maximum absolute atomic E-state index is 12.8. The molecule has 0 saturated carbocycles. The highest BCUT2D eigenvalue weighted by Gasteiger charge is 2.33. The van der Waals surface area contributed by atoms with Crippen molar-refractivity contribution in [3.05, 3.63) is 28.8 Å². The molecule has 1 heterocycles. The summed E-state index contributed by atoms with van der Waals surface area (Å²) in [6, 6.07) is 4.93. The minimum atomic E-state index is -3.56. The van der Waals surface area contributed by atoms with Crippen molar-refractivity contribution in [1.82, 2.24) is 4.31 Å². The lowest BCUT2D eigenvalue weighted by Crippen LogP contribution is -2.44. The van der Waals surface area contributed by atoms with Crippen molar-refractivity contribution < 1.29 is 8.42 Å². The number of nitrogens with two attached hydrogens (primary N) is 1. The Balaban J connectivity index is 2.39. The summed E-state index contributed by atoms with van der Waals surface area (Å²) in [5.41, 5.74) is 6.34. The van der Waals surface area contributed by atoms with Crippen LogP contribution < -0.4 is 5.73 Å². The number of rotatable bonds is 3. The summed E-state index contributed by atoms with van der Waals surface area (Å²) in [6.45, 7) is 5.41. The molecule has 2 N–H and O–H groups in total. The van der Waals surface area contributed by atoms with Crippen LogP contribution in [0, 0.1) is 0 Å². The zero-order valence-corrected chi connectivity index (χ0v) is 13.9. The van der Waals surface area contributed by atoms with Gasteiger partial charge in [-0.3, -0.25) is 0 Å². The summed E-state index contributed by atoms with van der Waals surface area (Å²) in [6.07, 6.45) is 0. The van der Waals surface area contributed by atoms with Crippen LogP contribution in [0.2, 0.25) is 5.02 Å². The standard InChI is InChI=1S/C13H19ClN2O2S2/c1-9-7-16(8-10(2)19-9)20(17,18)13-5-11(6-15)3-4-12(13)14/h3-5,9-10H,6-8,15H2,1-2H3. The van der Waals surface area contributed by atoms with Gasteiger partial charge in [0.1, 0.15) is 4.90 Å². The third-order valence-corrected chi connectivity index (χ3v) is 6.78. The van der Waals surface area contributed by atoms with E-state index in [1.807, 2.05) is 25.6 Å². The van der Waals surface area contributed by atoms with Gasteiger partial charge in [0.15, 0.2) is 0 Å². The molecule has 1 saturated heterocycles. The van der Waals surface area contributed by atoms with E-state index >= 15 is 0 Å². The van der Waals surface area contributed by atoms with Gasteiger partial charge in [-0.25, -0.2) is 8.42 Å². The molecule has 0 aromatic heterocycles. The van der Waals surface area contributed by atoms with Crippen LogP contribution in [-0.2, 0) is 16.6 Å². The first-order valence-corrected chi connectivity index (χ1v) is 9.24. The molecule has 1 aliphatic rings. The SMILES string of the molecule is CC1CN(S(=O)(=O)c2cc(CN)ccc2Cl)CC(C)S1. The average molecular weight is 335 g/mol. The van der Waals surface area contributed by atoms with Gasteiger partial charge in [-0.2, -0.15) is 16.1 Å². The highest BCUT2D eigenvalue weighted by Crippen LogP contribution is 2.31. The number of benzene rings is 1. The third-order valence-electron chi connectivity index (χ3n) is 3.24. The Morgan fingerprint density at radius 3 is 2.50 bits per heavy atom. The van der Waals surface area contributed by atoms with Crippen LogP contribution in [0.25, 0.3) is 0 Å². The minimum absolute atomic E-state index is 0.161. The summed E-state index contributed by atoms with van der Waals surface area (Å²) in [5, 5.41) is 0.815. The fourth-order valence-electron chi connectivity index (χ4n) is 2.34. The van der Waals surface area contributed by atoms with Gasteiger partial charge in [-0.1, -0.05) is 31.5 Å². The number of thioether (sulfide) groups is 1. The van der Waals surface area contributed by atoms with Gasteiger partial charge in [0, 0.05) is 30.1 Å². The molecule has 1 aromatic rings. The Morgan fingerprint density at radius 2 is 1.95 bits per heavy atom. The van der Waals surface area contributed by atoms with Crippen LogP contribution in [0.1, 0.15) is 19.4 Å². The van der Waals surface area contributed by atoms with E-state index in [1.165, 1.54) is 4.31 Å². The number of sulfonamides is 1. The Bertz CT molecular complexity index is 582. The molecule has 1 aliphatic heterocycles. The van der Waals surface area contributed by atoms with Crippen LogP contribution in [0.3, 0.4) is 0 Å². The van der Waals surface area contributed by atoms with Gasteiger partial charge < -0.3 is 5.73 Å². The number of halogens is 1. The summed E-state index contributed by atoms with van der Waals surface area (Å²) in [5.74, 6) is 0. The molecule has 0 radical (unpaired) electrons. The van der Waals surface area contributed by atoms with E-state index in [9.17, 15) is 8.42 Å². The van der Waals surface area contributed by atoms with Crippen molar-refractivity contribution >= 4 is 33.4 Å². The summed E-state index contributed by atoms with van der Waals surface area (Å²) < 4.78 is 27.0. The first-order valence-electron chi connectivity index (χ1n) is 6.48. The molecular formula is C13H19ClN2O2S2. The monoisotopic (exact) mass is 334 g/mol. The van der Waals surface area contributed by atoms with Gasteiger partial charge in [0.25, 0.3) is 0 Å². The van der Waals surface area contributed by atoms with Crippen LogP contribution in [0.15, 0.2) is 23.1 Å². The minimum Gasteiger partial charge on any atom is -0.326 e. The molecule has 20 heavy (non-hydrogen) atoms.